The number of aromatic amines is 1. The predicted octanol–water partition coefficient (Wildman–Crippen LogP) is 2.05. The molecule has 0 radical (unpaired) electrons. The van der Waals surface area contributed by atoms with Gasteiger partial charge < -0.3 is 19.9 Å². The first-order valence-electron chi connectivity index (χ1n) is 13.0. The van der Waals surface area contributed by atoms with E-state index in [9.17, 15) is 18.0 Å². The summed E-state index contributed by atoms with van der Waals surface area (Å²) in [5.74, 6) is 0.550. The molecule has 2 aromatic rings. The van der Waals surface area contributed by atoms with Gasteiger partial charge in [-0.25, -0.2) is 13.4 Å². The largest absolute Gasteiger partial charge is 0.493 e. The Morgan fingerprint density at radius 3 is 2.51 bits per heavy atom. The fourth-order valence-corrected chi connectivity index (χ4v) is 5.76. The Morgan fingerprint density at radius 2 is 1.86 bits per heavy atom. The summed E-state index contributed by atoms with van der Waals surface area (Å²) in [4.78, 5) is 35.2. The number of benzene rings is 1. The van der Waals surface area contributed by atoms with Crippen LogP contribution in [0.3, 0.4) is 0 Å². The minimum absolute atomic E-state index is 0.0131. The molecule has 1 aliphatic heterocycles. The number of likely N-dealkylation sites (N-methyl/N-ethyl adjacent to an activating group) is 1. The number of hydrogen-bond donors (Lipinski definition) is 2. The number of nitrogens with zero attached hydrogens (tertiary/aromatic N) is 3. The summed E-state index contributed by atoms with van der Waals surface area (Å²) in [6.45, 7) is 9.01. The third-order valence-electron chi connectivity index (χ3n) is 6.47. The van der Waals surface area contributed by atoms with Gasteiger partial charge in [0.05, 0.1) is 23.6 Å². The lowest BCUT2D eigenvalue weighted by atomic mass is 10.1. The van der Waals surface area contributed by atoms with E-state index in [1.54, 1.807) is 18.2 Å². The molecule has 2 N–H and O–H groups in total. The van der Waals surface area contributed by atoms with Crippen molar-refractivity contribution in [3.05, 3.63) is 45.4 Å². The number of amides is 1. The van der Waals surface area contributed by atoms with Crippen LogP contribution in [0.25, 0.3) is 11.4 Å². The third kappa shape index (κ3) is 7.39. The highest BCUT2D eigenvalue weighted by Gasteiger charge is 2.25. The van der Waals surface area contributed by atoms with Gasteiger partial charge in [0.15, 0.2) is 0 Å². The molecule has 10 nitrogen and oxygen atoms in total. The molecule has 0 saturated carbocycles. The normalized spacial score (nSPS) is 15.0. The number of ether oxygens (including phenoxy) is 1. The van der Waals surface area contributed by atoms with E-state index in [4.69, 9.17) is 4.74 Å². The maximum atomic E-state index is 12.9. The molecule has 1 aromatic carbocycles. The van der Waals surface area contributed by atoms with E-state index < -0.39 is 10.0 Å². The monoisotopic (exact) mass is 533 g/mol. The lowest BCUT2D eigenvalue weighted by Crippen LogP contribution is -2.47. The molecule has 1 aromatic heterocycles. The van der Waals surface area contributed by atoms with Crippen molar-refractivity contribution >= 4 is 15.9 Å². The van der Waals surface area contributed by atoms with Gasteiger partial charge in [-0.15, -0.1) is 0 Å². The van der Waals surface area contributed by atoms with Crippen LogP contribution in [0.4, 0.5) is 0 Å². The second-order valence-electron chi connectivity index (χ2n) is 9.23. The molecular formula is C26H39N5O5S. The second kappa shape index (κ2) is 13.2. The van der Waals surface area contributed by atoms with E-state index in [1.807, 2.05) is 27.8 Å². The third-order valence-corrected chi connectivity index (χ3v) is 8.42. The highest BCUT2D eigenvalue weighted by molar-refractivity contribution is 7.89. The number of aryl methyl sites for hydroxylation is 1. The van der Waals surface area contributed by atoms with Gasteiger partial charge in [0, 0.05) is 43.9 Å². The average Bonchev–Trinajstić information content (AvgIpc) is 2.89. The van der Waals surface area contributed by atoms with Crippen molar-refractivity contribution in [1.29, 1.82) is 0 Å². The van der Waals surface area contributed by atoms with Crippen LogP contribution in [0, 0.1) is 0 Å². The number of carbonyl (C=O) groups is 1. The molecule has 0 aliphatic carbocycles. The smallest absolute Gasteiger partial charge is 0.254 e. The molecule has 0 unspecified atom stereocenters. The first kappa shape index (κ1) is 28.8. The Labute approximate surface area is 219 Å². The molecule has 37 heavy (non-hydrogen) atoms. The van der Waals surface area contributed by atoms with Crippen LogP contribution in [-0.2, 0) is 22.9 Å². The molecule has 1 aliphatic rings. The fraction of sp³-hybridized carbons (Fsp3) is 0.577. The number of piperazine rings is 1. The highest BCUT2D eigenvalue weighted by Crippen LogP contribution is 2.29. The zero-order valence-corrected chi connectivity index (χ0v) is 23.1. The molecule has 204 valence electrons. The summed E-state index contributed by atoms with van der Waals surface area (Å²) in [7, 11) is -1.37. The first-order valence-corrected chi connectivity index (χ1v) is 14.6. The lowest BCUT2D eigenvalue weighted by molar-refractivity contribution is 0.0953. The molecule has 1 saturated heterocycles. The average molecular weight is 534 g/mol. The Hall–Kier alpha value is -2.76. The van der Waals surface area contributed by atoms with Gasteiger partial charge in [0.1, 0.15) is 11.6 Å². The SMILES string of the molecule is CCCOc1ccc(C(=O)NCCCS(=O)(=O)N2CCN(C)CC2)cc1-c1nc(CC)c(CC)c(=O)[nH]1. The Morgan fingerprint density at radius 1 is 1.14 bits per heavy atom. The van der Waals surface area contributed by atoms with Gasteiger partial charge in [0.25, 0.3) is 11.5 Å². The highest BCUT2D eigenvalue weighted by atomic mass is 32.2. The van der Waals surface area contributed by atoms with Gasteiger partial charge in [0.2, 0.25) is 10.0 Å². The van der Waals surface area contributed by atoms with Crippen molar-refractivity contribution in [1.82, 2.24) is 24.5 Å². The summed E-state index contributed by atoms with van der Waals surface area (Å²) >= 11 is 0. The zero-order chi connectivity index (χ0) is 27.0. The molecule has 0 bridgehead atoms. The van der Waals surface area contributed by atoms with Crippen molar-refractivity contribution in [2.75, 3.05) is 52.1 Å². The zero-order valence-electron chi connectivity index (χ0n) is 22.3. The number of H-pyrrole nitrogens is 1. The van der Waals surface area contributed by atoms with Crippen LogP contribution in [0.2, 0.25) is 0 Å². The summed E-state index contributed by atoms with van der Waals surface area (Å²) in [5.41, 5.74) is 2.10. The van der Waals surface area contributed by atoms with Gasteiger partial charge in [-0.3, -0.25) is 9.59 Å². The van der Waals surface area contributed by atoms with Crippen molar-refractivity contribution in [2.45, 2.75) is 46.5 Å². The maximum absolute atomic E-state index is 12.9. The molecule has 0 spiro atoms. The van der Waals surface area contributed by atoms with Crippen LogP contribution in [0.15, 0.2) is 23.0 Å². The number of sulfonamides is 1. The number of aromatic nitrogens is 2. The van der Waals surface area contributed by atoms with E-state index in [2.05, 4.69) is 20.2 Å². The minimum Gasteiger partial charge on any atom is -0.493 e. The van der Waals surface area contributed by atoms with E-state index in [1.165, 1.54) is 4.31 Å². The van der Waals surface area contributed by atoms with Crippen LogP contribution >= 0.6 is 0 Å². The molecule has 2 heterocycles. The summed E-state index contributed by atoms with van der Waals surface area (Å²) in [6, 6.07) is 5.02. The van der Waals surface area contributed by atoms with Crippen molar-refractivity contribution in [2.24, 2.45) is 0 Å². The van der Waals surface area contributed by atoms with E-state index in [0.29, 0.717) is 67.2 Å². The Balaban J connectivity index is 1.73. The molecule has 1 fully saturated rings. The van der Waals surface area contributed by atoms with Crippen LogP contribution in [-0.4, -0.2) is 85.6 Å². The first-order chi connectivity index (χ1) is 17.7. The van der Waals surface area contributed by atoms with Crippen molar-refractivity contribution < 1.29 is 17.9 Å². The fourth-order valence-electron chi connectivity index (χ4n) is 4.28. The summed E-state index contributed by atoms with van der Waals surface area (Å²) < 4.78 is 32.6. The maximum Gasteiger partial charge on any atom is 0.254 e. The molecule has 11 heteroatoms. The van der Waals surface area contributed by atoms with Gasteiger partial charge in [-0.1, -0.05) is 20.8 Å². The van der Waals surface area contributed by atoms with Crippen molar-refractivity contribution in [3.63, 3.8) is 0 Å². The topological polar surface area (TPSA) is 125 Å². The number of rotatable bonds is 12. The minimum atomic E-state index is -3.35. The van der Waals surface area contributed by atoms with E-state index in [0.717, 1.165) is 25.2 Å². The molecule has 0 atom stereocenters. The summed E-state index contributed by atoms with van der Waals surface area (Å²) in [5, 5.41) is 2.81. The summed E-state index contributed by atoms with van der Waals surface area (Å²) in [6.07, 6.45) is 2.32. The second-order valence-corrected chi connectivity index (χ2v) is 11.3. The molecular weight excluding hydrogens is 494 g/mol. The van der Waals surface area contributed by atoms with Crippen LogP contribution < -0.4 is 15.6 Å². The quantitative estimate of drug-likeness (QED) is 0.400. The number of nitrogens with one attached hydrogen (secondary N) is 2. The van der Waals surface area contributed by atoms with Crippen molar-refractivity contribution in [3.8, 4) is 17.1 Å². The van der Waals surface area contributed by atoms with Crippen LogP contribution in [0.1, 0.15) is 55.2 Å². The number of carbonyl (C=O) groups excluding carboxylic acids is 1. The van der Waals surface area contributed by atoms with Crippen LogP contribution in [0.5, 0.6) is 5.75 Å². The van der Waals surface area contributed by atoms with E-state index >= 15 is 0 Å². The van der Waals surface area contributed by atoms with Gasteiger partial charge in [-0.05, 0) is 50.9 Å². The number of hydrogen-bond acceptors (Lipinski definition) is 7. The standard InChI is InChI=1S/C26H39N5O5S/c1-5-16-36-23-10-9-19(18-21(23)24-28-22(7-3)20(6-2)26(33)29-24)25(32)27-11-8-17-37(34,35)31-14-12-30(4)13-15-31/h9-10,18H,5-8,11-17H2,1-4H3,(H,27,32)(H,28,29,33). The Kier molecular flexibility index (Phi) is 10.2. The Bertz CT molecular complexity index is 1240. The van der Waals surface area contributed by atoms with Gasteiger partial charge in [-0.2, -0.15) is 4.31 Å². The molecule has 1 amide bonds. The molecule has 3 rings (SSSR count). The predicted molar refractivity (Wildman–Crippen MR) is 145 cm³/mol. The lowest BCUT2D eigenvalue weighted by Gasteiger charge is -2.31. The van der Waals surface area contributed by atoms with E-state index in [-0.39, 0.29) is 23.8 Å². The van der Waals surface area contributed by atoms with Gasteiger partial charge >= 0.3 is 0 Å².